The van der Waals surface area contributed by atoms with Crippen molar-refractivity contribution in [1.82, 2.24) is 5.32 Å². The van der Waals surface area contributed by atoms with Crippen molar-refractivity contribution >= 4 is 52.7 Å². The smallest absolute Gasteiger partial charge is 0.319 e. The Kier molecular flexibility index (Phi) is 6.98. The lowest BCUT2D eigenvalue weighted by atomic mass is 10.2. The molecule has 0 bridgehead atoms. The van der Waals surface area contributed by atoms with Gasteiger partial charge in [-0.1, -0.05) is 23.2 Å². The number of urea groups is 1. The lowest BCUT2D eigenvalue weighted by Crippen LogP contribution is -2.49. The van der Waals surface area contributed by atoms with Crippen molar-refractivity contribution in [3.05, 3.63) is 28.2 Å². The highest BCUT2D eigenvalue weighted by Crippen LogP contribution is 2.24. The first kappa shape index (κ1) is 16.9. The number of amides is 2. The minimum Gasteiger partial charge on any atom is -0.548 e. The van der Waals surface area contributed by atoms with Crippen molar-refractivity contribution in [2.45, 2.75) is 12.5 Å². The number of rotatable bonds is 6. The summed E-state index contributed by atoms with van der Waals surface area (Å²) in [7, 11) is 0. The molecule has 0 aromatic heterocycles. The molecule has 5 nitrogen and oxygen atoms in total. The van der Waals surface area contributed by atoms with Crippen LogP contribution in [0, 0.1) is 0 Å². The standard InChI is InChI=1S/C12H14Cl2N2O3S/c1-20-5-4-10(11(17)18)16-12(19)15-7-2-3-8(13)9(14)6-7/h2-3,6,10H,4-5H2,1H3,(H,17,18)(H2,15,16,19)/p-1/t10-/m0/s1. The SMILES string of the molecule is CSCC[C@H](NC(=O)Nc1ccc(Cl)c(Cl)c1)C(=O)[O-]. The molecular weight excluding hydrogens is 323 g/mol. The number of anilines is 1. The predicted octanol–water partition coefficient (Wildman–Crippen LogP) is 1.99. The van der Waals surface area contributed by atoms with E-state index in [9.17, 15) is 14.7 Å². The van der Waals surface area contributed by atoms with Crippen LogP contribution in [-0.4, -0.2) is 30.1 Å². The molecule has 0 saturated carbocycles. The molecule has 1 rings (SSSR count). The summed E-state index contributed by atoms with van der Waals surface area (Å²) < 4.78 is 0. The number of carbonyl (C=O) groups is 2. The molecule has 2 N–H and O–H groups in total. The maximum Gasteiger partial charge on any atom is 0.319 e. The molecule has 0 saturated heterocycles. The topological polar surface area (TPSA) is 81.3 Å². The first-order chi connectivity index (χ1) is 9.43. The van der Waals surface area contributed by atoms with E-state index in [4.69, 9.17) is 23.2 Å². The van der Waals surface area contributed by atoms with Crippen LogP contribution in [-0.2, 0) is 4.79 Å². The van der Waals surface area contributed by atoms with Crippen molar-refractivity contribution in [1.29, 1.82) is 0 Å². The number of hydrogen-bond donors (Lipinski definition) is 2. The summed E-state index contributed by atoms with van der Waals surface area (Å²) in [5.74, 6) is -0.713. The maximum absolute atomic E-state index is 11.7. The van der Waals surface area contributed by atoms with Crippen LogP contribution in [0.3, 0.4) is 0 Å². The molecule has 0 heterocycles. The summed E-state index contributed by atoms with van der Waals surface area (Å²) in [6, 6.07) is 2.89. The minimum absolute atomic E-state index is 0.290. The van der Waals surface area contributed by atoms with E-state index < -0.39 is 18.0 Å². The average Bonchev–Trinajstić information content (AvgIpc) is 2.38. The van der Waals surface area contributed by atoms with Crippen LogP contribution < -0.4 is 15.7 Å². The van der Waals surface area contributed by atoms with Gasteiger partial charge in [0, 0.05) is 5.69 Å². The van der Waals surface area contributed by atoms with Crippen LogP contribution in [0.4, 0.5) is 10.5 Å². The lowest BCUT2D eigenvalue weighted by molar-refractivity contribution is -0.308. The van der Waals surface area contributed by atoms with Crippen LogP contribution in [0.5, 0.6) is 0 Å². The van der Waals surface area contributed by atoms with Gasteiger partial charge in [-0.2, -0.15) is 11.8 Å². The molecule has 20 heavy (non-hydrogen) atoms. The lowest BCUT2D eigenvalue weighted by Gasteiger charge is -2.19. The largest absolute Gasteiger partial charge is 0.548 e. The second kappa shape index (κ2) is 8.24. The van der Waals surface area contributed by atoms with Crippen molar-refractivity contribution < 1.29 is 14.7 Å². The molecular formula is C12H13Cl2N2O3S-. The molecule has 0 fully saturated rings. The summed E-state index contributed by atoms with van der Waals surface area (Å²) in [4.78, 5) is 22.6. The van der Waals surface area contributed by atoms with E-state index in [2.05, 4.69) is 10.6 Å². The number of carbonyl (C=O) groups excluding carboxylic acids is 2. The Morgan fingerprint density at radius 2 is 2.05 bits per heavy atom. The Balaban J connectivity index is 2.60. The number of carboxylic acid groups (broad SMARTS) is 1. The van der Waals surface area contributed by atoms with E-state index in [1.165, 1.54) is 23.9 Å². The summed E-state index contributed by atoms with van der Waals surface area (Å²) >= 11 is 13.1. The highest BCUT2D eigenvalue weighted by atomic mass is 35.5. The van der Waals surface area contributed by atoms with Crippen LogP contribution in [0.2, 0.25) is 10.0 Å². The van der Waals surface area contributed by atoms with Gasteiger partial charge < -0.3 is 20.5 Å². The molecule has 0 aliphatic heterocycles. The fourth-order valence-electron chi connectivity index (χ4n) is 1.38. The number of aliphatic carboxylic acids is 1. The Labute approximate surface area is 131 Å². The number of halogens is 2. The van der Waals surface area contributed by atoms with Gasteiger partial charge in [0.25, 0.3) is 0 Å². The molecule has 8 heteroatoms. The molecule has 1 aromatic carbocycles. The van der Waals surface area contributed by atoms with Crippen molar-refractivity contribution in [3.8, 4) is 0 Å². The Bertz CT molecular complexity index is 500. The number of thioether (sulfide) groups is 1. The molecule has 1 aromatic rings. The van der Waals surface area contributed by atoms with Gasteiger partial charge in [0.15, 0.2) is 0 Å². The van der Waals surface area contributed by atoms with E-state index in [1.807, 2.05) is 6.26 Å². The summed E-state index contributed by atoms with van der Waals surface area (Å²) in [6.07, 6.45) is 2.14. The van der Waals surface area contributed by atoms with Gasteiger partial charge in [-0.05, 0) is 36.6 Å². The van der Waals surface area contributed by atoms with Gasteiger partial charge in [-0.3, -0.25) is 0 Å². The maximum atomic E-state index is 11.7. The number of carboxylic acids is 1. The van der Waals surface area contributed by atoms with Crippen LogP contribution in [0.15, 0.2) is 18.2 Å². The van der Waals surface area contributed by atoms with Crippen LogP contribution in [0.1, 0.15) is 6.42 Å². The third kappa shape index (κ3) is 5.48. The van der Waals surface area contributed by atoms with Crippen molar-refractivity contribution in [2.75, 3.05) is 17.3 Å². The van der Waals surface area contributed by atoms with E-state index in [1.54, 1.807) is 6.07 Å². The van der Waals surface area contributed by atoms with E-state index in [0.29, 0.717) is 21.5 Å². The number of benzene rings is 1. The molecule has 0 unspecified atom stereocenters. The van der Waals surface area contributed by atoms with E-state index in [-0.39, 0.29) is 6.42 Å². The summed E-state index contributed by atoms with van der Waals surface area (Å²) in [5.41, 5.74) is 0.416. The van der Waals surface area contributed by atoms with Gasteiger partial charge in [0.2, 0.25) is 0 Å². The van der Waals surface area contributed by atoms with E-state index >= 15 is 0 Å². The third-order valence-corrected chi connectivity index (χ3v) is 3.76. The average molecular weight is 336 g/mol. The third-order valence-electron chi connectivity index (χ3n) is 2.38. The predicted molar refractivity (Wildman–Crippen MR) is 80.4 cm³/mol. The van der Waals surface area contributed by atoms with Crippen LogP contribution in [0.25, 0.3) is 0 Å². The molecule has 1 atom stereocenters. The quantitative estimate of drug-likeness (QED) is 0.832. The van der Waals surface area contributed by atoms with Crippen molar-refractivity contribution in [2.24, 2.45) is 0 Å². The van der Waals surface area contributed by atoms with Gasteiger partial charge in [0.05, 0.1) is 22.1 Å². The molecule has 0 radical (unpaired) electrons. The molecule has 2 amide bonds. The first-order valence-corrected chi connectivity index (χ1v) is 7.81. The summed E-state index contributed by atoms with van der Waals surface area (Å²) in [5, 5.41) is 16.4. The van der Waals surface area contributed by atoms with Gasteiger partial charge in [-0.25, -0.2) is 4.79 Å². The highest BCUT2D eigenvalue weighted by Gasteiger charge is 2.13. The molecule has 0 aliphatic rings. The fraction of sp³-hybridized carbons (Fsp3) is 0.333. The number of hydrogen-bond acceptors (Lipinski definition) is 4. The van der Waals surface area contributed by atoms with E-state index in [0.717, 1.165) is 0 Å². The van der Waals surface area contributed by atoms with Gasteiger partial charge in [-0.15, -0.1) is 0 Å². The second-order valence-electron chi connectivity index (χ2n) is 3.88. The molecule has 0 aliphatic carbocycles. The highest BCUT2D eigenvalue weighted by molar-refractivity contribution is 7.98. The zero-order chi connectivity index (χ0) is 15.1. The van der Waals surface area contributed by atoms with Crippen molar-refractivity contribution in [3.63, 3.8) is 0 Å². The fourth-order valence-corrected chi connectivity index (χ4v) is 2.15. The zero-order valence-corrected chi connectivity index (χ0v) is 12.9. The number of nitrogens with one attached hydrogen (secondary N) is 2. The zero-order valence-electron chi connectivity index (χ0n) is 10.6. The monoisotopic (exact) mass is 335 g/mol. The van der Waals surface area contributed by atoms with Crippen LogP contribution >= 0.6 is 35.0 Å². The minimum atomic E-state index is -1.32. The first-order valence-electron chi connectivity index (χ1n) is 5.66. The van der Waals surface area contributed by atoms with Gasteiger partial charge in [0.1, 0.15) is 0 Å². The second-order valence-corrected chi connectivity index (χ2v) is 5.68. The van der Waals surface area contributed by atoms with Gasteiger partial charge >= 0.3 is 6.03 Å². The Morgan fingerprint density at radius 3 is 2.60 bits per heavy atom. The molecule has 0 spiro atoms. The Hall–Kier alpha value is -1.11. The Morgan fingerprint density at radius 1 is 1.35 bits per heavy atom. The molecule has 110 valence electrons. The normalized spacial score (nSPS) is 11.8. The summed E-state index contributed by atoms with van der Waals surface area (Å²) in [6.45, 7) is 0.